The van der Waals surface area contributed by atoms with Crippen molar-refractivity contribution in [2.75, 3.05) is 0 Å². The van der Waals surface area contributed by atoms with Gasteiger partial charge in [0.1, 0.15) is 0 Å². The first-order valence-electron chi connectivity index (χ1n) is 14.7. The lowest BCUT2D eigenvalue weighted by atomic mass is 28.4. The van der Waals surface area contributed by atoms with Gasteiger partial charge in [-0.2, -0.15) is 0 Å². The largest absolute Gasteiger partial charge is 0.524 e. The van der Waals surface area contributed by atoms with Gasteiger partial charge in [-0.15, -0.1) is 277 Å². The zero-order valence-electron chi connectivity index (χ0n) is 33.3. The van der Waals surface area contributed by atoms with Crippen LogP contribution in [0.4, 0.5) is 0 Å². The second-order valence-corrected chi connectivity index (χ2v) is 275. The van der Waals surface area contributed by atoms with Crippen molar-refractivity contribution in [3.8, 4) is 0 Å². The summed E-state index contributed by atoms with van der Waals surface area (Å²) in [6.07, 6.45) is 0. The standard InChI is InChI=1S/H65P65/c1-34-51(35(2)3)59(50(32)33)63(58(48(28)29)49(30)31)65(62(56(44(20)21)45(22)23)57(46(24)25)47(26)27)64(60(52(36(4)5)37(6)7)53(38(8)9)39(10)11)61(54(40(12)13)41(14)15)55(42(16)17)43(18)19/h1-2,34H,3-33H2/q-2. The minimum atomic E-state index is -0.338. The van der Waals surface area contributed by atoms with E-state index in [9.17, 15) is 0 Å². The molecule has 0 rings (SSSR count). The van der Waals surface area contributed by atoms with Gasteiger partial charge in [0, 0.05) is 0 Å². The molecule has 0 aliphatic heterocycles. The van der Waals surface area contributed by atoms with Crippen molar-refractivity contribution >= 4 is 519 Å². The van der Waals surface area contributed by atoms with Crippen LogP contribution in [0, 0.1) is 0 Å². The lowest BCUT2D eigenvalue weighted by molar-refractivity contribution is 4.33. The fourth-order valence-electron chi connectivity index (χ4n) is 3.87. The van der Waals surface area contributed by atoms with Crippen LogP contribution in [0.25, 0.3) is 0 Å². The lowest BCUT2D eigenvalue weighted by Crippen LogP contribution is -1.73. The fourth-order valence-corrected chi connectivity index (χ4v) is 940. The Balaban J connectivity index is 11.2. The van der Waals surface area contributed by atoms with Crippen LogP contribution in [0.3, 0.4) is 0 Å². The van der Waals surface area contributed by atoms with Crippen molar-refractivity contribution in [1.29, 1.82) is 0 Å². The smallest absolute Gasteiger partial charge is 0.0000107 e. The highest BCUT2D eigenvalue weighted by Crippen LogP contribution is 3.49. The quantitative estimate of drug-likeness (QED) is 0.0607. The zero-order valence-corrected chi connectivity index (χ0v) is 99.8. The third-order valence-electron chi connectivity index (χ3n) is 5.65. The molecule has 0 aromatic rings. The Labute approximate surface area is 511 Å². The van der Waals surface area contributed by atoms with Crippen LogP contribution in [-0.4, -0.2) is 0 Å². The van der Waals surface area contributed by atoms with Gasteiger partial charge in [-0.25, -0.2) is 6.99 Å². The molecule has 0 fully saturated rings. The van der Waals surface area contributed by atoms with Crippen molar-refractivity contribution in [2.24, 2.45) is 0 Å². The molecule has 0 aliphatic rings. The molecule has 0 amide bonds. The molecule has 0 aliphatic carbocycles. The summed E-state index contributed by atoms with van der Waals surface area (Å²) in [5.41, 5.74) is 0. The van der Waals surface area contributed by atoms with Crippen molar-refractivity contribution in [1.82, 2.24) is 0 Å². The highest BCUT2D eigenvalue weighted by molar-refractivity contribution is 9.55. The second-order valence-electron chi connectivity index (χ2n) is 10.2. The normalized spacial score (nSPS) is 16.8. The van der Waals surface area contributed by atoms with E-state index in [1.54, 1.807) is 0 Å². The van der Waals surface area contributed by atoms with Crippen LogP contribution in [0.1, 0.15) is 0 Å². The van der Waals surface area contributed by atoms with E-state index >= 15 is 0 Å². The Bertz CT molecular complexity index is 1040. The maximum Gasteiger partial charge on any atom is -0.0000107 e. The van der Waals surface area contributed by atoms with E-state index in [4.69, 9.17) is 0 Å². The van der Waals surface area contributed by atoms with Gasteiger partial charge in [-0.3, -0.25) is 7.96 Å². The Morgan fingerprint density at radius 2 is 0.292 bits per heavy atom. The predicted molar refractivity (Wildman–Crippen MR) is 540 cm³/mol. The molecule has 0 aromatic heterocycles. The summed E-state index contributed by atoms with van der Waals surface area (Å²) >= 11 is 0. The van der Waals surface area contributed by atoms with Crippen LogP contribution in [0.15, 0.2) is 0 Å². The SMILES string of the molecule is [PH-]PP(P([PH-])P)P(P(P)P)P(P(P(P)P)P(P)P)P(P(P(P(P)P)P(P)P)P(P(P)P)P(P)P)P(P(P(P(P)P)P(P)P)P(P(P)P)P(P)P)P(P(P(P)P)P(P)P)P(P(P)P)P(P)P. The summed E-state index contributed by atoms with van der Waals surface area (Å²) in [4.78, 5) is 0. The van der Waals surface area contributed by atoms with E-state index in [0.29, 0.717) is 0 Å². The van der Waals surface area contributed by atoms with Gasteiger partial charge in [0.25, 0.3) is 0 Å². The molecular formula is H65P65-2. The topological polar surface area (TPSA) is 0 Å². The van der Waals surface area contributed by atoms with Crippen LogP contribution < -0.4 is 0 Å². The maximum atomic E-state index is 4.56. The minimum Gasteiger partial charge on any atom is -0.524 e. The van der Waals surface area contributed by atoms with Crippen LogP contribution in [0.2, 0.25) is 0 Å². The van der Waals surface area contributed by atoms with Gasteiger partial charge in [-0.1, -0.05) is 6.99 Å². The number of hydrogen-bond donors (Lipinski definition) is 0. The summed E-state index contributed by atoms with van der Waals surface area (Å²) in [5, 5.41) is 0. The average Bonchev–Trinajstić information content (AvgIpc) is 3.08. The van der Waals surface area contributed by atoms with Gasteiger partial charge in [-0.05, 0) is 203 Å². The lowest BCUT2D eigenvalue weighted by Gasteiger charge is -2.61. The zero-order chi connectivity index (χ0) is 51.6. The molecule has 0 radical (unpaired) electrons. The first-order valence-corrected chi connectivity index (χ1v) is 132. The van der Waals surface area contributed by atoms with E-state index in [1.165, 1.54) is 0 Å². The first-order chi connectivity index (χ1) is 29.6. The third kappa shape index (κ3) is 33.1. The molecule has 0 saturated carbocycles. The Kier molecular flexibility index (Phi) is 73.1. The van der Waals surface area contributed by atoms with Gasteiger partial charge in [0.2, 0.25) is 0 Å². The molecule has 0 nitrogen and oxygen atoms in total. The number of hydrogen-bond acceptors (Lipinski definition) is 0. The molecule has 0 heterocycles. The van der Waals surface area contributed by atoms with Crippen molar-refractivity contribution in [3.63, 3.8) is 0 Å². The Morgan fingerprint density at radius 3 is 0.385 bits per heavy atom. The van der Waals surface area contributed by atoms with Crippen molar-refractivity contribution < 1.29 is 0 Å². The molecule has 65 heavy (non-hydrogen) atoms. The first kappa shape index (κ1) is 93.0. The Hall–Kier alpha value is 27.9. The van der Waals surface area contributed by atoms with Gasteiger partial charge < -0.3 is 17.9 Å². The second kappa shape index (κ2) is 51.1. The van der Waals surface area contributed by atoms with Gasteiger partial charge in [0.05, 0.1) is 0 Å². The summed E-state index contributed by atoms with van der Waals surface area (Å²) < 4.78 is 0. The maximum absolute atomic E-state index is 4.56. The van der Waals surface area contributed by atoms with Crippen LogP contribution in [-0.2, 0) is 0 Å². The van der Waals surface area contributed by atoms with Gasteiger partial charge >= 0.3 is 0 Å². The van der Waals surface area contributed by atoms with Crippen molar-refractivity contribution in [3.05, 3.63) is 0 Å². The van der Waals surface area contributed by atoms with E-state index in [-0.39, 0.29) is 217 Å². The molecule has 37 atom stereocenters. The summed E-state index contributed by atoms with van der Waals surface area (Å²) in [6, 6.07) is 0. The monoisotopic (exact) mass is 2080 g/mol. The third-order valence-corrected chi connectivity index (χ3v) is 458. The molecule has 0 N–H and O–H groups in total. The molecule has 392 valence electrons. The highest BCUT2D eigenvalue weighted by Gasteiger charge is 2.62. The molecular weight excluding hydrogens is 2010 g/mol. The van der Waals surface area contributed by atoms with E-state index in [0.717, 1.165) is 7.96 Å². The predicted octanol–water partition coefficient (Wildman–Crippen LogP) is 38.6. The van der Waals surface area contributed by atoms with Gasteiger partial charge in [0.15, 0.2) is 0 Å². The van der Waals surface area contributed by atoms with E-state index < -0.39 is 0 Å². The molecule has 0 aromatic carbocycles. The van der Waals surface area contributed by atoms with Crippen LogP contribution in [0.5, 0.6) is 0 Å². The average molecular weight is 2080 g/mol. The molecule has 37 unspecified atom stereocenters. The molecule has 65 heteroatoms. The van der Waals surface area contributed by atoms with E-state index in [1.807, 2.05) is 0 Å². The highest BCUT2D eigenvalue weighted by atomic mass is 33.6. The summed E-state index contributed by atoms with van der Waals surface area (Å²) in [6.45, 7) is -8.50. The number of rotatable bonds is 31. The van der Waals surface area contributed by atoms with E-state index in [2.05, 4.69) is 295 Å². The van der Waals surface area contributed by atoms with Crippen LogP contribution >= 0.6 is 519 Å². The molecule has 0 saturated heterocycles. The fraction of sp³-hybridized carbons (Fsp3) is 0. The Morgan fingerprint density at radius 1 is 0.185 bits per heavy atom. The van der Waals surface area contributed by atoms with Crippen molar-refractivity contribution in [2.45, 2.75) is 0 Å². The minimum absolute atomic E-state index is 0.227. The molecule has 0 spiro atoms. The summed E-state index contributed by atoms with van der Waals surface area (Å²) in [7, 11) is 121. The molecule has 0 bridgehead atoms. The summed E-state index contributed by atoms with van der Waals surface area (Å²) in [5.74, 6) is 0.